The summed E-state index contributed by atoms with van der Waals surface area (Å²) in [6, 6.07) is 0. The largest absolute Gasteiger partial charge is 0.393 e. The summed E-state index contributed by atoms with van der Waals surface area (Å²) in [5, 5.41) is 22.6. The Morgan fingerprint density at radius 2 is 1.58 bits per heavy atom. The fourth-order valence-corrected chi connectivity index (χ4v) is 2.57. The van der Waals surface area contributed by atoms with Crippen LogP contribution in [0.4, 0.5) is 0 Å². The standard InChI is InChI=1S/C9H17NO2/c11-8-1-2-9(12)7-5-10-4-3-6(7)8/h6-12H,1-5H2. The van der Waals surface area contributed by atoms with Gasteiger partial charge in [0.1, 0.15) is 0 Å². The molecule has 1 aliphatic heterocycles. The van der Waals surface area contributed by atoms with Crippen LogP contribution in [0.15, 0.2) is 0 Å². The average molecular weight is 171 g/mol. The highest BCUT2D eigenvalue weighted by Crippen LogP contribution is 2.34. The van der Waals surface area contributed by atoms with Crippen LogP contribution < -0.4 is 5.32 Å². The van der Waals surface area contributed by atoms with E-state index < -0.39 is 0 Å². The summed E-state index contributed by atoms with van der Waals surface area (Å²) in [6.45, 7) is 1.87. The second-order valence-electron chi connectivity index (χ2n) is 4.03. The predicted octanol–water partition coefficient (Wildman–Crippen LogP) is -0.272. The summed E-state index contributed by atoms with van der Waals surface area (Å²) in [5.74, 6) is 0.637. The highest BCUT2D eigenvalue weighted by atomic mass is 16.3. The molecule has 3 N–H and O–H groups in total. The lowest BCUT2D eigenvalue weighted by Crippen LogP contribution is -2.50. The van der Waals surface area contributed by atoms with Crippen molar-refractivity contribution in [3.05, 3.63) is 0 Å². The van der Waals surface area contributed by atoms with Crippen LogP contribution in [0.5, 0.6) is 0 Å². The van der Waals surface area contributed by atoms with Gasteiger partial charge >= 0.3 is 0 Å². The van der Waals surface area contributed by atoms with Crippen LogP contribution in [0.25, 0.3) is 0 Å². The van der Waals surface area contributed by atoms with Gasteiger partial charge in [-0.3, -0.25) is 0 Å². The van der Waals surface area contributed by atoms with Crippen LogP contribution in [-0.4, -0.2) is 35.5 Å². The first-order valence-electron chi connectivity index (χ1n) is 4.86. The van der Waals surface area contributed by atoms with E-state index in [0.717, 1.165) is 32.4 Å². The Labute approximate surface area is 72.8 Å². The van der Waals surface area contributed by atoms with Gasteiger partial charge in [0.2, 0.25) is 0 Å². The quantitative estimate of drug-likeness (QED) is 0.470. The highest BCUT2D eigenvalue weighted by Gasteiger charge is 2.38. The Bertz CT molecular complexity index is 145. The number of nitrogens with one attached hydrogen (secondary N) is 1. The summed E-state index contributed by atoms with van der Waals surface area (Å²) in [6.07, 6.45) is 2.21. The highest BCUT2D eigenvalue weighted by molar-refractivity contribution is 4.91. The Hall–Kier alpha value is -0.120. The first kappa shape index (κ1) is 8.48. The van der Waals surface area contributed by atoms with E-state index >= 15 is 0 Å². The molecule has 2 rings (SSSR count). The third kappa shape index (κ3) is 1.37. The SMILES string of the molecule is OC1CCC(O)C2CNCCC12. The second-order valence-corrected chi connectivity index (χ2v) is 4.03. The van der Waals surface area contributed by atoms with Crippen molar-refractivity contribution in [1.82, 2.24) is 5.32 Å². The molecule has 3 nitrogen and oxygen atoms in total. The fraction of sp³-hybridized carbons (Fsp3) is 1.00. The monoisotopic (exact) mass is 171 g/mol. The molecule has 0 aromatic rings. The third-order valence-electron chi connectivity index (χ3n) is 3.33. The van der Waals surface area contributed by atoms with Crippen LogP contribution in [0.1, 0.15) is 19.3 Å². The van der Waals surface area contributed by atoms with Crippen LogP contribution in [0, 0.1) is 11.8 Å². The van der Waals surface area contributed by atoms with E-state index in [0.29, 0.717) is 11.8 Å². The van der Waals surface area contributed by atoms with Gasteiger partial charge in [-0.25, -0.2) is 0 Å². The maximum atomic E-state index is 9.68. The van der Waals surface area contributed by atoms with Crippen molar-refractivity contribution in [1.29, 1.82) is 0 Å². The lowest BCUT2D eigenvalue weighted by Gasteiger charge is -2.42. The first-order chi connectivity index (χ1) is 5.79. The zero-order valence-corrected chi connectivity index (χ0v) is 7.24. The Morgan fingerprint density at radius 3 is 2.25 bits per heavy atom. The molecule has 70 valence electrons. The number of hydrogen-bond donors (Lipinski definition) is 3. The molecule has 1 saturated carbocycles. The molecule has 0 amide bonds. The van der Waals surface area contributed by atoms with Crippen LogP contribution in [-0.2, 0) is 0 Å². The third-order valence-corrected chi connectivity index (χ3v) is 3.33. The molecule has 4 unspecified atom stereocenters. The van der Waals surface area contributed by atoms with Gasteiger partial charge in [-0.1, -0.05) is 0 Å². The molecule has 12 heavy (non-hydrogen) atoms. The molecule has 0 bridgehead atoms. The molecular weight excluding hydrogens is 154 g/mol. The van der Waals surface area contributed by atoms with E-state index in [1.165, 1.54) is 0 Å². The minimum absolute atomic E-state index is 0.166. The van der Waals surface area contributed by atoms with Crippen molar-refractivity contribution in [2.75, 3.05) is 13.1 Å². The molecule has 3 heteroatoms. The minimum Gasteiger partial charge on any atom is -0.393 e. The van der Waals surface area contributed by atoms with Crippen molar-refractivity contribution in [3.8, 4) is 0 Å². The van der Waals surface area contributed by atoms with E-state index in [9.17, 15) is 10.2 Å². The molecule has 1 aliphatic carbocycles. The van der Waals surface area contributed by atoms with Gasteiger partial charge in [0.05, 0.1) is 12.2 Å². The van der Waals surface area contributed by atoms with Gasteiger partial charge < -0.3 is 15.5 Å². The number of aliphatic hydroxyl groups excluding tert-OH is 2. The van der Waals surface area contributed by atoms with Crippen LogP contribution >= 0.6 is 0 Å². The number of aliphatic hydroxyl groups is 2. The Kier molecular flexibility index (Phi) is 2.35. The van der Waals surface area contributed by atoms with E-state index in [1.807, 2.05) is 0 Å². The van der Waals surface area contributed by atoms with Crippen molar-refractivity contribution >= 4 is 0 Å². The lowest BCUT2D eigenvalue weighted by atomic mass is 9.72. The average Bonchev–Trinajstić information content (AvgIpc) is 2.12. The first-order valence-corrected chi connectivity index (χ1v) is 4.86. The Morgan fingerprint density at radius 1 is 0.917 bits per heavy atom. The van der Waals surface area contributed by atoms with Crippen molar-refractivity contribution in [2.45, 2.75) is 31.5 Å². The molecule has 1 heterocycles. The molecule has 0 spiro atoms. The topological polar surface area (TPSA) is 52.5 Å². The van der Waals surface area contributed by atoms with Crippen molar-refractivity contribution < 1.29 is 10.2 Å². The molecular formula is C9H17NO2. The summed E-state index contributed by atoms with van der Waals surface area (Å²) in [7, 11) is 0. The second kappa shape index (κ2) is 3.32. The maximum Gasteiger partial charge on any atom is 0.0585 e. The summed E-state index contributed by atoms with van der Waals surface area (Å²) in [4.78, 5) is 0. The van der Waals surface area contributed by atoms with E-state index in [-0.39, 0.29) is 12.2 Å². The van der Waals surface area contributed by atoms with Gasteiger partial charge in [0.15, 0.2) is 0 Å². The smallest absolute Gasteiger partial charge is 0.0585 e. The Balaban J connectivity index is 2.05. The normalized spacial score (nSPS) is 48.5. The van der Waals surface area contributed by atoms with Gasteiger partial charge in [0.25, 0.3) is 0 Å². The van der Waals surface area contributed by atoms with E-state index in [1.54, 1.807) is 0 Å². The predicted molar refractivity (Wildman–Crippen MR) is 45.7 cm³/mol. The zero-order valence-electron chi connectivity index (χ0n) is 7.24. The number of hydrogen-bond acceptors (Lipinski definition) is 3. The summed E-state index contributed by atoms with van der Waals surface area (Å²) < 4.78 is 0. The summed E-state index contributed by atoms with van der Waals surface area (Å²) >= 11 is 0. The molecule has 0 aromatic carbocycles. The van der Waals surface area contributed by atoms with Gasteiger partial charge in [-0.05, 0) is 31.7 Å². The van der Waals surface area contributed by atoms with E-state index in [2.05, 4.69) is 5.32 Å². The van der Waals surface area contributed by atoms with Crippen molar-refractivity contribution in [3.63, 3.8) is 0 Å². The van der Waals surface area contributed by atoms with Gasteiger partial charge in [-0.15, -0.1) is 0 Å². The molecule has 2 fully saturated rings. The molecule has 1 saturated heterocycles. The lowest BCUT2D eigenvalue weighted by molar-refractivity contribution is -0.0547. The fourth-order valence-electron chi connectivity index (χ4n) is 2.57. The van der Waals surface area contributed by atoms with E-state index in [4.69, 9.17) is 0 Å². The van der Waals surface area contributed by atoms with Crippen LogP contribution in [0.3, 0.4) is 0 Å². The number of fused-ring (bicyclic) bond motifs is 1. The van der Waals surface area contributed by atoms with Gasteiger partial charge in [0, 0.05) is 12.5 Å². The molecule has 4 atom stereocenters. The molecule has 0 aromatic heterocycles. The minimum atomic E-state index is -0.189. The number of rotatable bonds is 0. The zero-order chi connectivity index (χ0) is 8.55. The van der Waals surface area contributed by atoms with Gasteiger partial charge in [-0.2, -0.15) is 0 Å². The van der Waals surface area contributed by atoms with Crippen LogP contribution in [0.2, 0.25) is 0 Å². The molecule has 0 radical (unpaired) electrons. The summed E-state index contributed by atoms with van der Waals surface area (Å²) in [5.41, 5.74) is 0. The van der Waals surface area contributed by atoms with Crippen molar-refractivity contribution in [2.24, 2.45) is 11.8 Å². The maximum absolute atomic E-state index is 9.68. The number of piperidine rings is 1. The molecule has 2 aliphatic rings.